The molecule has 1 amide bonds. The van der Waals surface area contributed by atoms with Crippen molar-refractivity contribution in [2.24, 2.45) is 0 Å². The van der Waals surface area contributed by atoms with Crippen LogP contribution in [-0.4, -0.2) is 28.1 Å². The molecule has 0 aliphatic carbocycles. The Bertz CT molecular complexity index is 286. The first kappa shape index (κ1) is 9.18. The molecule has 0 radical (unpaired) electrons. The highest BCUT2D eigenvalue weighted by atomic mass is 79.9. The normalized spacial score (nSPS) is 9.92. The summed E-state index contributed by atoms with van der Waals surface area (Å²) in [6.07, 6.45) is 0. The molecule has 1 aromatic heterocycles. The Kier molecular flexibility index (Phi) is 2.80. The summed E-state index contributed by atoms with van der Waals surface area (Å²) in [7, 11) is 1.67. The van der Waals surface area contributed by atoms with Gasteiger partial charge in [-0.3, -0.25) is 4.79 Å². The van der Waals surface area contributed by atoms with Crippen LogP contribution in [0.1, 0.15) is 12.8 Å². The fourth-order valence-electron chi connectivity index (χ4n) is 0.611. The van der Waals surface area contributed by atoms with E-state index in [0.717, 1.165) is 0 Å². The van der Waals surface area contributed by atoms with Crippen molar-refractivity contribution >= 4 is 21.8 Å². The highest BCUT2D eigenvalue weighted by Crippen LogP contribution is 2.07. The largest absolute Gasteiger partial charge is 0.414 e. The second-order valence-electron chi connectivity index (χ2n) is 2.32. The average Bonchev–Trinajstić information content (AvgIpc) is 2.35. The van der Waals surface area contributed by atoms with Crippen molar-refractivity contribution in [3.8, 4) is 0 Å². The van der Waals surface area contributed by atoms with Gasteiger partial charge in [0.15, 0.2) is 0 Å². The van der Waals surface area contributed by atoms with Crippen LogP contribution in [0.5, 0.6) is 0 Å². The van der Waals surface area contributed by atoms with E-state index >= 15 is 0 Å². The fraction of sp³-hybridized carbons (Fsp3) is 0.500. The van der Waals surface area contributed by atoms with Crippen LogP contribution >= 0.6 is 15.9 Å². The Morgan fingerprint density at radius 3 is 2.75 bits per heavy atom. The number of nitrogens with zero attached hydrogens (tertiary/aromatic N) is 3. The molecule has 0 aromatic carbocycles. The topological polar surface area (TPSA) is 59.2 Å². The van der Waals surface area contributed by atoms with E-state index in [1.165, 1.54) is 11.8 Å². The van der Waals surface area contributed by atoms with Gasteiger partial charge in [0.05, 0.1) is 6.54 Å². The molecular weight excluding hydrogens is 226 g/mol. The summed E-state index contributed by atoms with van der Waals surface area (Å²) >= 11 is 3.02. The first-order chi connectivity index (χ1) is 5.59. The molecule has 0 N–H and O–H groups in total. The summed E-state index contributed by atoms with van der Waals surface area (Å²) in [6.45, 7) is 1.82. The summed E-state index contributed by atoms with van der Waals surface area (Å²) in [4.78, 5) is 12.6. The van der Waals surface area contributed by atoms with E-state index in [2.05, 4.69) is 26.1 Å². The fourth-order valence-corrected chi connectivity index (χ4v) is 0.877. The molecule has 0 saturated heterocycles. The standard InChI is InChI=1S/C6H8BrN3O2/c1-4(11)10(2)3-5-8-9-6(7)12-5/h3H2,1-2H3. The molecule has 0 saturated carbocycles. The molecule has 5 nitrogen and oxygen atoms in total. The maximum Gasteiger partial charge on any atom is 0.284 e. The van der Waals surface area contributed by atoms with Crippen LogP contribution in [0.2, 0.25) is 0 Å². The summed E-state index contributed by atoms with van der Waals surface area (Å²) in [6, 6.07) is 0. The van der Waals surface area contributed by atoms with E-state index in [0.29, 0.717) is 17.2 Å². The number of amides is 1. The number of hydrogen-bond acceptors (Lipinski definition) is 4. The minimum atomic E-state index is -0.0377. The van der Waals surface area contributed by atoms with Crippen molar-refractivity contribution in [3.05, 3.63) is 10.7 Å². The monoisotopic (exact) mass is 233 g/mol. The number of halogens is 1. The molecule has 0 spiro atoms. The highest BCUT2D eigenvalue weighted by Gasteiger charge is 2.08. The van der Waals surface area contributed by atoms with Crippen LogP contribution in [0.3, 0.4) is 0 Å². The molecule has 0 atom stereocenters. The lowest BCUT2D eigenvalue weighted by atomic mass is 10.5. The first-order valence-corrected chi connectivity index (χ1v) is 4.08. The zero-order valence-electron chi connectivity index (χ0n) is 6.74. The lowest BCUT2D eigenvalue weighted by molar-refractivity contribution is -0.128. The number of carbonyl (C=O) groups excluding carboxylic acids is 1. The zero-order valence-corrected chi connectivity index (χ0v) is 8.33. The Morgan fingerprint density at radius 1 is 1.67 bits per heavy atom. The van der Waals surface area contributed by atoms with E-state index in [1.54, 1.807) is 7.05 Å². The lowest BCUT2D eigenvalue weighted by Crippen LogP contribution is -2.23. The summed E-state index contributed by atoms with van der Waals surface area (Å²) in [5.74, 6) is 0.379. The first-order valence-electron chi connectivity index (χ1n) is 3.29. The lowest BCUT2D eigenvalue weighted by Gasteiger charge is -2.10. The number of carbonyl (C=O) groups is 1. The van der Waals surface area contributed by atoms with Crippen molar-refractivity contribution in [3.63, 3.8) is 0 Å². The quantitative estimate of drug-likeness (QED) is 0.759. The molecule has 1 heterocycles. The van der Waals surface area contributed by atoms with Gasteiger partial charge in [0.1, 0.15) is 0 Å². The smallest absolute Gasteiger partial charge is 0.284 e. The number of aromatic nitrogens is 2. The van der Waals surface area contributed by atoms with Crippen molar-refractivity contribution in [1.29, 1.82) is 0 Å². The van der Waals surface area contributed by atoms with Crippen molar-refractivity contribution in [1.82, 2.24) is 15.1 Å². The molecule has 66 valence electrons. The van der Waals surface area contributed by atoms with Gasteiger partial charge < -0.3 is 9.32 Å². The molecule has 6 heteroatoms. The average molecular weight is 234 g/mol. The van der Waals surface area contributed by atoms with E-state index in [4.69, 9.17) is 4.42 Å². The van der Waals surface area contributed by atoms with Gasteiger partial charge in [0, 0.05) is 29.9 Å². The minimum absolute atomic E-state index is 0.0377. The highest BCUT2D eigenvalue weighted by molar-refractivity contribution is 9.10. The van der Waals surface area contributed by atoms with Gasteiger partial charge >= 0.3 is 0 Å². The van der Waals surface area contributed by atoms with Gasteiger partial charge in [-0.2, -0.15) is 0 Å². The molecule has 0 aliphatic heterocycles. The Hall–Kier alpha value is -0.910. The molecular formula is C6H8BrN3O2. The molecule has 1 aromatic rings. The SMILES string of the molecule is CC(=O)N(C)Cc1nnc(Br)o1. The molecule has 12 heavy (non-hydrogen) atoms. The van der Waals surface area contributed by atoms with Crippen LogP contribution in [0.4, 0.5) is 0 Å². The van der Waals surface area contributed by atoms with Gasteiger partial charge in [-0.05, 0) is 0 Å². The third-order valence-electron chi connectivity index (χ3n) is 1.35. The summed E-state index contributed by atoms with van der Waals surface area (Å²) < 4.78 is 5.00. The Labute approximate surface area is 77.9 Å². The van der Waals surface area contributed by atoms with Gasteiger partial charge in [0.25, 0.3) is 4.80 Å². The van der Waals surface area contributed by atoms with Crippen LogP contribution in [0, 0.1) is 0 Å². The second-order valence-corrected chi connectivity index (χ2v) is 3.00. The van der Waals surface area contributed by atoms with Gasteiger partial charge in [-0.25, -0.2) is 0 Å². The van der Waals surface area contributed by atoms with Crippen LogP contribution < -0.4 is 0 Å². The molecule has 0 bridgehead atoms. The van der Waals surface area contributed by atoms with E-state index < -0.39 is 0 Å². The minimum Gasteiger partial charge on any atom is -0.414 e. The molecule has 0 unspecified atom stereocenters. The molecule has 0 aliphatic rings. The Morgan fingerprint density at radius 2 is 2.33 bits per heavy atom. The van der Waals surface area contributed by atoms with Crippen molar-refractivity contribution in [2.45, 2.75) is 13.5 Å². The third kappa shape index (κ3) is 2.30. The van der Waals surface area contributed by atoms with Gasteiger partial charge in [-0.15, -0.1) is 10.2 Å². The van der Waals surface area contributed by atoms with E-state index in [-0.39, 0.29) is 5.91 Å². The van der Waals surface area contributed by atoms with E-state index in [1.807, 2.05) is 0 Å². The van der Waals surface area contributed by atoms with Crippen LogP contribution in [-0.2, 0) is 11.3 Å². The van der Waals surface area contributed by atoms with E-state index in [9.17, 15) is 4.79 Å². The van der Waals surface area contributed by atoms with Gasteiger partial charge in [0.2, 0.25) is 11.8 Å². The predicted molar refractivity (Wildman–Crippen MR) is 44.1 cm³/mol. The molecule has 0 fully saturated rings. The summed E-state index contributed by atoms with van der Waals surface area (Å²) in [5.41, 5.74) is 0. The van der Waals surface area contributed by atoms with Crippen molar-refractivity contribution < 1.29 is 9.21 Å². The third-order valence-corrected chi connectivity index (χ3v) is 1.67. The van der Waals surface area contributed by atoms with Crippen LogP contribution in [0.25, 0.3) is 0 Å². The van der Waals surface area contributed by atoms with Crippen LogP contribution in [0.15, 0.2) is 9.22 Å². The second kappa shape index (κ2) is 3.66. The number of rotatable bonds is 2. The predicted octanol–water partition coefficient (Wildman–Crippen LogP) is 0.810. The maximum absolute atomic E-state index is 10.8. The molecule has 1 rings (SSSR count). The van der Waals surface area contributed by atoms with Gasteiger partial charge in [-0.1, -0.05) is 0 Å². The zero-order chi connectivity index (χ0) is 9.14. The Balaban J connectivity index is 2.58. The summed E-state index contributed by atoms with van der Waals surface area (Å²) in [5, 5.41) is 7.27. The van der Waals surface area contributed by atoms with Crippen molar-refractivity contribution in [2.75, 3.05) is 7.05 Å². The maximum atomic E-state index is 10.8. The number of hydrogen-bond donors (Lipinski definition) is 0.